The molecular formula is C79H102N16O14S. The average molecular weight is 1530 g/mol. The number of hydrogen-bond donors (Lipinski definition) is 8. The number of carbonyl (C=O) groups excluding carboxylic acids is 8. The fourth-order valence-corrected chi connectivity index (χ4v) is 18.8. The molecule has 2 aromatic carbocycles. The minimum Gasteiger partial charge on any atom is -0.476 e. The number of benzene rings is 2. The number of para-hydroxylation sites is 1. The lowest BCUT2D eigenvalue weighted by Gasteiger charge is -2.46. The summed E-state index contributed by atoms with van der Waals surface area (Å²) in [6, 6.07) is 14.7. The Hall–Kier alpha value is -9.98. The van der Waals surface area contributed by atoms with Crippen molar-refractivity contribution in [1.29, 1.82) is 0 Å². The molecule has 588 valence electrons. The Morgan fingerprint density at radius 3 is 2.38 bits per heavy atom. The molecule has 7 aliphatic rings. The molecule has 6 aromatic rings. The highest BCUT2D eigenvalue weighted by molar-refractivity contribution is 7.22. The third-order valence-corrected chi connectivity index (χ3v) is 24.5. The van der Waals surface area contributed by atoms with Gasteiger partial charge >= 0.3 is 18.1 Å². The summed E-state index contributed by atoms with van der Waals surface area (Å²) in [5, 5.41) is 50.5. The van der Waals surface area contributed by atoms with E-state index in [2.05, 4.69) is 50.6 Å². The summed E-state index contributed by atoms with van der Waals surface area (Å²) in [6.45, 7) is 15.4. The largest absolute Gasteiger partial charge is 0.476 e. The summed E-state index contributed by atoms with van der Waals surface area (Å²) in [7, 11) is 1.70. The van der Waals surface area contributed by atoms with E-state index in [-0.39, 0.29) is 132 Å². The van der Waals surface area contributed by atoms with Crippen LogP contribution in [0, 0.1) is 41.9 Å². The summed E-state index contributed by atoms with van der Waals surface area (Å²) in [4.78, 5) is 135. The number of ether oxygens (including phenoxy) is 3. The molecule has 5 fully saturated rings. The second-order valence-electron chi connectivity index (χ2n) is 31.5. The van der Waals surface area contributed by atoms with Gasteiger partial charge in [-0.15, -0.1) is 10.2 Å². The molecule has 2 aliphatic heterocycles. The number of aromatic nitrogens is 6. The van der Waals surface area contributed by atoms with Crippen LogP contribution >= 0.6 is 11.3 Å². The second-order valence-corrected chi connectivity index (χ2v) is 32.5. The Balaban J connectivity index is 0.696. The van der Waals surface area contributed by atoms with Crippen LogP contribution < -0.4 is 37.2 Å². The monoisotopic (exact) mass is 1530 g/mol. The number of primary amides is 1. The molecule has 5 aliphatic carbocycles. The first kappa shape index (κ1) is 79.6. The average Bonchev–Trinajstić information content (AvgIpc) is 1.50. The second kappa shape index (κ2) is 33.3. The molecule has 5 unspecified atom stereocenters. The number of carboxylic acids is 1. The lowest BCUT2D eigenvalue weighted by Crippen LogP contribution is -2.64. The Labute approximate surface area is 643 Å². The molecule has 9 N–H and O–H groups in total. The molecular weight excluding hydrogens is 1430 g/mol. The maximum atomic E-state index is 14.6. The number of aromatic carboxylic acids is 1. The molecule has 0 spiro atoms. The molecule has 13 rings (SSSR count). The van der Waals surface area contributed by atoms with E-state index < -0.39 is 70.7 Å². The van der Waals surface area contributed by atoms with Gasteiger partial charge < -0.3 is 71.4 Å². The highest BCUT2D eigenvalue weighted by Gasteiger charge is 2.74. The van der Waals surface area contributed by atoms with E-state index in [4.69, 9.17) is 35.0 Å². The number of hydrogen-bond acceptors (Lipinski definition) is 21. The highest BCUT2D eigenvalue weighted by atomic mass is 32.1. The number of urea groups is 1. The number of nitrogens with zero attached hydrogens (tertiary/aromatic N) is 10. The quantitative estimate of drug-likeness (QED) is 0.0134. The normalized spacial score (nSPS) is 21.2. The van der Waals surface area contributed by atoms with Gasteiger partial charge in [-0.3, -0.25) is 38.3 Å². The third-order valence-electron chi connectivity index (χ3n) is 23.5. The maximum Gasteiger partial charge on any atom is 0.410 e. The van der Waals surface area contributed by atoms with Crippen molar-refractivity contribution in [1.82, 2.24) is 60.6 Å². The first-order valence-electron chi connectivity index (χ1n) is 38.2. The molecule has 110 heavy (non-hydrogen) atoms. The van der Waals surface area contributed by atoms with Crippen molar-refractivity contribution in [3.05, 3.63) is 107 Å². The Morgan fingerprint density at radius 2 is 1.66 bits per heavy atom. The van der Waals surface area contributed by atoms with Crippen molar-refractivity contribution in [2.75, 3.05) is 81.7 Å². The standard InChI is InChI=1S/C79H102N16O14S/c1-9-79(48(2)3,88-62(97)28-35-107-36-33-94-63(98)26-27-64(94)99)71(104)84-59(20-13-29-81-72(80)105)68(100)83-54-23-22-52(53(38-54)40-91(8)69(101)51-16-12-17-51)41-108-74(106)92(30-15-34-96)32-37-109-78-44-75(6)42-76(7,45-78)77(43-75,46-78)47-95-50(5)57(39-82-95)56-24-25-61(86-65(56)70(102)103)93-31-14-18-55-49(4)66(89-90-67(55)93)87-73-85-58-19-10-11-21-60(58)110-73/h10-11,19,21-27,38-39,48,51,59,96H,9,12-18,20,28-37,40-47H2,1-8H3,(H,83,100)(H,84,104)(H,88,97)(H,102,103)(H3,80,81,105)(H,85,87,89)/t59-,75?,76?,77?,78?,79?/m0/s1. The van der Waals surface area contributed by atoms with Crippen LogP contribution in [0.25, 0.3) is 21.3 Å². The molecule has 6 atom stereocenters. The SMILES string of the molecule is CCC(NC(=O)CCOCCN1C(=O)C=CC1=O)(C(=O)N[C@@H](CCCNC(N)=O)C(=O)Nc1ccc(COC(=O)N(CCCO)CCOC23CC4(C)CC(C)(C2)C(Cn2ncc(-c5ccc(N6CCCc7c6nnc(Nc6nc8ccccc8s6)c7C)nc5C(=O)O)c2C)(C4)C3)c(CN(C)C(=O)C2CCC2)c1)C(C)C. The number of fused-ring (bicyclic) bond motifs is 2. The van der Waals surface area contributed by atoms with E-state index >= 15 is 0 Å². The van der Waals surface area contributed by atoms with E-state index in [1.54, 1.807) is 68.5 Å². The van der Waals surface area contributed by atoms with Crippen LogP contribution in [0.3, 0.4) is 0 Å². The Morgan fingerprint density at radius 1 is 0.882 bits per heavy atom. The number of imide groups is 1. The predicted octanol–water partition coefficient (Wildman–Crippen LogP) is 9.14. The van der Waals surface area contributed by atoms with Gasteiger partial charge in [0.1, 0.15) is 24.0 Å². The molecule has 6 heterocycles. The van der Waals surface area contributed by atoms with Crippen LogP contribution in [0.15, 0.2) is 72.9 Å². The fraction of sp³-hybridized carbons (Fsp3) is 0.544. The third kappa shape index (κ3) is 17.0. The molecule has 30 nitrogen and oxygen atoms in total. The van der Waals surface area contributed by atoms with Crippen molar-refractivity contribution < 1.29 is 67.6 Å². The van der Waals surface area contributed by atoms with Crippen molar-refractivity contribution in [2.45, 2.75) is 182 Å². The van der Waals surface area contributed by atoms with Gasteiger partial charge in [-0.2, -0.15) is 5.10 Å². The summed E-state index contributed by atoms with van der Waals surface area (Å²) in [5.41, 5.74) is 9.10. The minimum atomic E-state index is -1.49. The van der Waals surface area contributed by atoms with Crippen LogP contribution in [0.4, 0.5) is 37.9 Å². The zero-order chi connectivity index (χ0) is 78.5. The van der Waals surface area contributed by atoms with Crippen LogP contribution in [0.1, 0.15) is 163 Å². The first-order chi connectivity index (χ1) is 52.6. The summed E-state index contributed by atoms with van der Waals surface area (Å²) in [5.74, 6) is -2.76. The van der Waals surface area contributed by atoms with Gasteiger partial charge in [-0.05, 0) is 167 Å². The van der Waals surface area contributed by atoms with Crippen LogP contribution in [0.5, 0.6) is 0 Å². The van der Waals surface area contributed by atoms with E-state index in [1.807, 2.05) is 59.8 Å². The van der Waals surface area contributed by atoms with Gasteiger partial charge in [0.2, 0.25) is 23.6 Å². The van der Waals surface area contributed by atoms with Crippen molar-refractivity contribution >= 4 is 103 Å². The molecule has 0 saturated heterocycles. The van der Waals surface area contributed by atoms with Crippen LogP contribution in [-0.4, -0.2) is 192 Å². The van der Waals surface area contributed by atoms with Gasteiger partial charge in [0.25, 0.3) is 11.8 Å². The van der Waals surface area contributed by atoms with Gasteiger partial charge in [0.15, 0.2) is 22.5 Å². The van der Waals surface area contributed by atoms with E-state index in [0.29, 0.717) is 63.6 Å². The number of carboxylic acid groups (broad SMARTS) is 1. The zero-order valence-corrected chi connectivity index (χ0v) is 64.8. The van der Waals surface area contributed by atoms with Crippen LogP contribution in [-0.2, 0) is 69.1 Å². The number of carbonyl (C=O) groups is 9. The Bertz CT molecular complexity index is 4490. The molecule has 0 radical (unpaired) electrons. The predicted molar refractivity (Wildman–Crippen MR) is 411 cm³/mol. The minimum absolute atomic E-state index is 0.00236. The van der Waals surface area contributed by atoms with Gasteiger partial charge in [0, 0.05) is 111 Å². The smallest absolute Gasteiger partial charge is 0.410 e. The van der Waals surface area contributed by atoms with Crippen molar-refractivity contribution in [3.8, 4) is 11.1 Å². The number of pyridine rings is 1. The van der Waals surface area contributed by atoms with E-state index in [9.17, 15) is 53.4 Å². The zero-order valence-electron chi connectivity index (χ0n) is 64.0. The van der Waals surface area contributed by atoms with Gasteiger partial charge in [-0.1, -0.05) is 70.6 Å². The maximum absolute atomic E-state index is 14.6. The van der Waals surface area contributed by atoms with E-state index in [0.717, 1.165) is 96.1 Å². The lowest BCUT2D eigenvalue weighted by molar-refractivity contribution is -0.139. The van der Waals surface area contributed by atoms with Crippen molar-refractivity contribution in [2.24, 2.45) is 33.8 Å². The number of anilines is 5. The van der Waals surface area contributed by atoms with Gasteiger partial charge in [0.05, 0.1) is 48.4 Å². The molecule has 4 bridgehead atoms. The summed E-state index contributed by atoms with van der Waals surface area (Å²) < 4.78 is 21.9. The highest BCUT2D eigenvalue weighted by Crippen LogP contribution is 2.78. The number of nitrogens with one attached hydrogen (secondary N) is 5. The van der Waals surface area contributed by atoms with Crippen LogP contribution in [0.2, 0.25) is 0 Å². The topological polar surface area (TPSA) is 390 Å². The molecule has 31 heteroatoms. The number of rotatable bonds is 36. The molecule has 5 saturated carbocycles. The van der Waals surface area contributed by atoms with Crippen molar-refractivity contribution in [3.63, 3.8) is 0 Å². The molecule has 4 aromatic heterocycles. The summed E-state index contributed by atoms with van der Waals surface area (Å²) in [6.07, 6.45) is 12.4. The number of aliphatic hydroxyl groups is 1. The first-order valence-corrected chi connectivity index (χ1v) is 39.0. The Kier molecular flexibility index (Phi) is 24.1. The molecule has 9 amide bonds. The van der Waals surface area contributed by atoms with Gasteiger partial charge in [-0.25, -0.2) is 24.4 Å². The number of amides is 9. The number of aliphatic hydroxyl groups excluding tert-OH is 1. The summed E-state index contributed by atoms with van der Waals surface area (Å²) >= 11 is 1.54. The lowest BCUT2D eigenvalue weighted by atomic mass is 9.65. The number of thiazole rings is 1. The van der Waals surface area contributed by atoms with E-state index in [1.165, 1.54) is 17.1 Å². The fourth-order valence-electron chi connectivity index (χ4n) is 18.0. The number of nitrogens with two attached hydrogens (primary N) is 1.